The molecule has 0 amide bonds. The monoisotopic (exact) mass is 314 g/mol. The zero-order valence-electron chi connectivity index (χ0n) is 14.1. The van der Waals surface area contributed by atoms with Crippen LogP contribution in [0.4, 0.5) is 11.4 Å². The highest BCUT2D eigenvalue weighted by Gasteiger charge is 2.13. The Morgan fingerprint density at radius 2 is 0.875 bits per heavy atom. The second-order valence-corrected chi connectivity index (χ2v) is 5.50. The second-order valence-electron chi connectivity index (χ2n) is 5.50. The predicted molar refractivity (Wildman–Crippen MR) is 107 cm³/mol. The molecule has 4 aromatic rings. The van der Waals surface area contributed by atoms with Gasteiger partial charge in [-0.25, -0.2) is 0 Å². The van der Waals surface area contributed by atoms with Gasteiger partial charge in [-0.3, -0.25) is 0 Å². The molecule has 0 bridgehead atoms. The van der Waals surface area contributed by atoms with E-state index in [2.05, 4.69) is 36.4 Å². The highest BCUT2D eigenvalue weighted by molar-refractivity contribution is 6.12. The molecule has 0 aliphatic rings. The minimum atomic E-state index is 0.752. The van der Waals surface area contributed by atoms with Crippen LogP contribution < -0.4 is 11.5 Å². The summed E-state index contributed by atoms with van der Waals surface area (Å²) in [5.74, 6) is 0. The number of fused-ring (bicyclic) bond motifs is 2. The Morgan fingerprint density at radius 3 is 1.29 bits per heavy atom. The normalized spacial score (nSPS) is 10.4. The first-order valence-corrected chi connectivity index (χ1v) is 8.30. The van der Waals surface area contributed by atoms with E-state index in [1.165, 1.54) is 10.8 Å². The zero-order chi connectivity index (χ0) is 17.1. The number of nitrogens with two attached hydrogens (primary N) is 2. The van der Waals surface area contributed by atoms with Crippen molar-refractivity contribution < 1.29 is 0 Å². The standard InChI is InChI=1S/C20H16N2.C2H6/c21-17-11-9-13-5-1-3-7-15(13)19(17)20-16-8-4-2-6-14(16)10-12-18(20)22;1-2/h1-12H,21-22H2;1-2H3. The highest BCUT2D eigenvalue weighted by Crippen LogP contribution is 2.41. The highest BCUT2D eigenvalue weighted by atomic mass is 14.6. The van der Waals surface area contributed by atoms with Crippen LogP contribution in [-0.4, -0.2) is 0 Å². The molecular weight excluding hydrogens is 292 g/mol. The lowest BCUT2D eigenvalue weighted by Crippen LogP contribution is -1.96. The van der Waals surface area contributed by atoms with Crippen molar-refractivity contribution in [3.05, 3.63) is 72.8 Å². The number of anilines is 2. The third-order valence-corrected chi connectivity index (χ3v) is 4.17. The first kappa shape index (κ1) is 15.9. The molecule has 0 aliphatic carbocycles. The van der Waals surface area contributed by atoms with E-state index in [0.717, 1.165) is 33.3 Å². The van der Waals surface area contributed by atoms with Gasteiger partial charge in [0.05, 0.1) is 0 Å². The Hall–Kier alpha value is -3.00. The van der Waals surface area contributed by atoms with Gasteiger partial charge in [0.1, 0.15) is 0 Å². The van der Waals surface area contributed by atoms with Crippen LogP contribution in [0.1, 0.15) is 13.8 Å². The lowest BCUT2D eigenvalue weighted by Gasteiger charge is -2.15. The maximum atomic E-state index is 6.32. The Balaban J connectivity index is 0.000000815. The molecule has 0 atom stereocenters. The van der Waals surface area contributed by atoms with Crippen molar-refractivity contribution in [2.24, 2.45) is 0 Å². The van der Waals surface area contributed by atoms with Crippen LogP contribution in [-0.2, 0) is 0 Å². The van der Waals surface area contributed by atoms with Crippen LogP contribution in [0.3, 0.4) is 0 Å². The van der Waals surface area contributed by atoms with Crippen molar-refractivity contribution >= 4 is 32.9 Å². The Labute approximate surface area is 142 Å². The average Bonchev–Trinajstić information content (AvgIpc) is 2.64. The molecule has 0 saturated carbocycles. The van der Waals surface area contributed by atoms with Crippen LogP contribution in [0.5, 0.6) is 0 Å². The largest absolute Gasteiger partial charge is 0.398 e. The number of benzene rings is 4. The molecular formula is C22H22N2. The smallest absolute Gasteiger partial charge is 0.0401 e. The van der Waals surface area contributed by atoms with Gasteiger partial charge in [-0.2, -0.15) is 0 Å². The third-order valence-electron chi connectivity index (χ3n) is 4.17. The molecule has 4 N–H and O–H groups in total. The molecule has 0 unspecified atom stereocenters. The molecule has 0 aliphatic heterocycles. The van der Waals surface area contributed by atoms with Crippen molar-refractivity contribution in [3.8, 4) is 11.1 Å². The van der Waals surface area contributed by atoms with Gasteiger partial charge in [-0.15, -0.1) is 0 Å². The number of rotatable bonds is 1. The molecule has 2 nitrogen and oxygen atoms in total. The van der Waals surface area contributed by atoms with E-state index in [0.29, 0.717) is 0 Å². The fourth-order valence-electron chi connectivity index (χ4n) is 3.13. The third kappa shape index (κ3) is 2.56. The van der Waals surface area contributed by atoms with E-state index in [1.54, 1.807) is 0 Å². The molecule has 0 aromatic heterocycles. The summed E-state index contributed by atoms with van der Waals surface area (Å²) in [4.78, 5) is 0. The van der Waals surface area contributed by atoms with Gasteiger partial charge < -0.3 is 11.5 Å². The van der Waals surface area contributed by atoms with Gasteiger partial charge in [0.25, 0.3) is 0 Å². The molecule has 2 heteroatoms. The Bertz CT molecular complexity index is 920. The van der Waals surface area contributed by atoms with E-state index < -0.39 is 0 Å². The van der Waals surface area contributed by atoms with Gasteiger partial charge in [-0.05, 0) is 33.7 Å². The number of hydrogen-bond donors (Lipinski definition) is 2. The molecule has 4 aromatic carbocycles. The second kappa shape index (κ2) is 6.63. The molecule has 0 heterocycles. The molecule has 0 spiro atoms. The zero-order valence-corrected chi connectivity index (χ0v) is 14.1. The van der Waals surface area contributed by atoms with E-state index in [9.17, 15) is 0 Å². The van der Waals surface area contributed by atoms with E-state index in [-0.39, 0.29) is 0 Å². The summed E-state index contributed by atoms with van der Waals surface area (Å²) in [5, 5.41) is 4.59. The van der Waals surface area contributed by atoms with E-state index in [1.807, 2.05) is 50.2 Å². The van der Waals surface area contributed by atoms with Gasteiger partial charge >= 0.3 is 0 Å². The Kier molecular flexibility index (Phi) is 4.39. The maximum Gasteiger partial charge on any atom is 0.0401 e. The average molecular weight is 314 g/mol. The molecule has 24 heavy (non-hydrogen) atoms. The van der Waals surface area contributed by atoms with Crippen molar-refractivity contribution in [1.82, 2.24) is 0 Å². The van der Waals surface area contributed by atoms with Crippen LogP contribution in [0, 0.1) is 0 Å². The van der Waals surface area contributed by atoms with Crippen LogP contribution in [0.25, 0.3) is 32.7 Å². The first-order valence-electron chi connectivity index (χ1n) is 8.30. The summed E-state index contributed by atoms with van der Waals surface area (Å²) in [6.45, 7) is 4.00. The molecule has 0 fully saturated rings. The van der Waals surface area contributed by atoms with Crippen LogP contribution >= 0.6 is 0 Å². The van der Waals surface area contributed by atoms with Gasteiger partial charge in [0.15, 0.2) is 0 Å². The van der Waals surface area contributed by atoms with Crippen LogP contribution in [0.2, 0.25) is 0 Å². The lowest BCUT2D eigenvalue weighted by atomic mass is 9.91. The maximum absolute atomic E-state index is 6.32. The fourth-order valence-corrected chi connectivity index (χ4v) is 3.13. The van der Waals surface area contributed by atoms with Crippen LogP contribution in [0.15, 0.2) is 72.8 Å². The Morgan fingerprint density at radius 1 is 0.500 bits per heavy atom. The molecule has 0 radical (unpaired) electrons. The summed E-state index contributed by atoms with van der Waals surface area (Å²) in [6.07, 6.45) is 0. The van der Waals surface area contributed by atoms with Gasteiger partial charge in [0, 0.05) is 22.5 Å². The van der Waals surface area contributed by atoms with Crippen molar-refractivity contribution in [2.45, 2.75) is 13.8 Å². The predicted octanol–water partition coefficient (Wildman–Crippen LogP) is 5.85. The van der Waals surface area contributed by atoms with Crippen molar-refractivity contribution in [2.75, 3.05) is 11.5 Å². The molecule has 120 valence electrons. The number of hydrogen-bond acceptors (Lipinski definition) is 2. The van der Waals surface area contributed by atoms with Crippen molar-refractivity contribution in [3.63, 3.8) is 0 Å². The summed E-state index contributed by atoms with van der Waals surface area (Å²) in [6, 6.07) is 24.6. The summed E-state index contributed by atoms with van der Waals surface area (Å²) in [5.41, 5.74) is 16.2. The summed E-state index contributed by atoms with van der Waals surface area (Å²) in [7, 11) is 0. The van der Waals surface area contributed by atoms with Crippen molar-refractivity contribution in [1.29, 1.82) is 0 Å². The van der Waals surface area contributed by atoms with E-state index in [4.69, 9.17) is 11.5 Å². The van der Waals surface area contributed by atoms with E-state index >= 15 is 0 Å². The molecule has 4 rings (SSSR count). The van der Waals surface area contributed by atoms with Gasteiger partial charge in [-0.1, -0.05) is 74.5 Å². The summed E-state index contributed by atoms with van der Waals surface area (Å²) < 4.78 is 0. The molecule has 0 saturated heterocycles. The number of nitrogen functional groups attached to an aromatic ring is 2. The fraction of sp³-hybridized carbons (Fsp3) is 0.0909. The quantitative estimate of drug-likeness (QED) is 0.433. The minimum absolute atomic E-state index is 0.752. The van der Waals surface area contributed by atoms with Gasteiger partial charge in [0.2, 0.25) is 0 Å². The minimum Gasteiger partial charge on any atom is -0.398 e. The first-order chi connectivity index (χ1) is 11.8. The lowest BCUT2D eigenvalue weighted by molar-refractivity contribution is 1.50. The summed E-state index contributed by atoms with van der Waals surface area (Å²) >= 11 is 0. The topological polar surface area (TPSA) is 52.0 Å². The SMILES string of the molecule is CC.Nc1ccc2ccccc2c1-c1c(N)ccc2ccccc12.